The van der Waals surface area contributed by atoms with E-state index in [-0.39, 0.29) is 5.92 Å². The van der Waals surface area contributed by atoms with Gasteiger partial charge in [0, 0.05) is 31.1 Å². The molecule has 0 aliphatic carbocycles. The van der Waals surface area contributed by atoms with Crippen LogP contribution in [0.15, 0.2) is 30.3 Å². The number of hydrogen-bond acceptors (Lipinski definition) is 2. The monoisotopic (exact) mass is 217 g/mol. The summed E-state index contributed by atoms with van der Waals surface area (Å²) in [5.74, 6) is 0.702. The molecule has 0 unspecified atom stereocenters. The summed E-state index contributed by atoms with van der Waals surface area (Å²) >= 11 is 0. The first-order valence-electron chi connectivity index (χ1n) is 6.14. The molecule has 86 valence electrons. The van der Waals surface area contributed by atoms with Gasteiger partial charge in [-0.05, 0) is 18.6 Å². The van der Waals surface area contributed by atoms with E-state index in [0.717, 1.165) is 25.9 Å². The van der Waals surface area contributed by atoms with Crippen LogP contribution in [0.5, 0.6) is 0 Å². The largest absolute Gasteiger partial charge is 0.370 e. The summed E-state index contributed by atoms with van der Waals surface area (Å²) in [6.45, 7) is 3.93. The van der Waals surface area contributed by atoms with E-state index in [2.05, 4.69) is 36.1 Å². The lowest BCUT2D eigenvalue weighted by Gasteiger charge is -2.33. The predicted molar refractivity (Wildman–Crippen MR) is 66.7 cm³/mol. The quantitative estimate of drug-likeness (QED) is 0.776. The number of benzene rings is 1. The zero-order valence-corrected chi connectivity index (χ0v) is 9.86. The first-order chi connectivity index (χ1) is 7.81. The van der Waals surface area contributed by atoms with E-state index < -0.39 is 0 Å². The van der Waals surface area contributed by atoms with E-state index in [0.29, 0.717) is 12.2 Å². The molecule has 0 amide bonds. The Kier molecular flexibility index (Phi) is 3.60. The molecular formula is C14H19NO. The van der Waals surface area contributed by atoms with E-state index >= 15 is 0 Å². The van der Waals surface area contributed by atoms with Crippen molar-refractivity contribution in [2.45, 2.75) is 26.2 Å². The van der Waals surface area contributed by atoms with Crippen LogP contribution >= 0.6 is 0 Å². The summed E-state index contributed by atoms with van der Waals surface area (Å²) in [4.78, 5) is 14.1. The number of rotatable bonds is 3. The Labute approximate surface area is 97.3 Å². The van der Waals surface area contributed by atoms with E-state index in [1.807, 2.05) is 6.07 Å². The van der Waals surface area contributed by atoms with Gasteiger partial charge < -0.3 is 4.90 Å². The van der Waals surface area contributed by atoms with Crippen LogP contribution in [0.2, 0.25) is 0 Å². The van der Waals surface area contributed by atoms with Crippen LogP contribution in [-0.2, 0) is 4.79 Å². The first-order valence-corrected chi connectivity index (χ1v) is 6.14. The lowest BCUT2D eigenvalue weighted by atomic mass is 9.92. The van der Waals surface area contributed by atoms with Crippen LogP contribution < -0.4 is 4.90 Å². The minimum Gasteiger partial charge on any atom is -0.370 e. The number of ketones is 1. The molecule has 0 radical (unpaired) electrons. The second-order valence-corrected chi connectivity index (χ2v) is 4.48. The fraction of sp³-hybridized carbons (Fsp3) is 0.500. The van der Waals surface area contributed by atoms with Crippen molar-refractivity contribution in [2.75, 3.05) is 18.0 Å². The lowest BCUT2D eigenvalue weighted by molar-refractivity contribution is -0.123. The number of para-hydroxylation sites is 1. The summed E-state index contributed by atoms with van der Waals surface area (Å²) in [5, 5.41) is 0. The maximum atomic E-state index is 11.7. The average molecular weight is 217 g/mol. The molecule has 2 rings (SSSR count). The van der Waals surface area contributed by atoms with Crippen molar-refractivity contribution in [3.8, 4) is 0 Å². The summed E-state index contributed by atoms with van der Waals surface area (Å²) in [6.07, 6.45) is 2.83. The molecule has 1 heterocycles. The average Bonchev–Trinajstić information content (AvgIpc) is 2.33. The summed E-state index contributed by atoms with van der Waals surface area (Å²) in [6, 6.07) is 10.4. The number of carbonyl (C=O) groups excluding carboxylic acids is 1. The van der Waals surface area contributed by atoms with Crippen molar-refractivity contribution in [1.29, 1.82) is 0 Å². The van der Waals surface area contributed by atoms with Gasteiger partial charge in [-0.15, -0.1) is 0 Å². The molecule has 0 N–H and O–H groups in total. The van der Waals surface area contributed by atoms with Crippen LogP contribution in [0.25, 0.3) is 0 Å². The highest BCUT2D eigenvalue weighted by Crippen LogP contribution is 2.23. The molecule has 0 bridgehead atoms. The number of anilines is 1. The fourth-order valence-electron chi connectivity index (χ4n) is 2.38. The highest BCUT2D eigenvalue weighted by Gasteiger charge is 2.26. The molecule has 2 nitrogen and oxygen atoms in total. The van der Waals surface area contributed by atoms with Crippen molar-refractivity contribution in [2.24, 2.45) is 5.92 Å². The van der Waals surface area contributed by atoms with Crippen LogP contribution in [0.1, 0.15) is 26.2 Å². The fourth-order valence-corrected chi connectivity index (χ4v) is 2.38. The van der Waals surface area contributed by atoms with Crippen molar-refractivity contribution in [3.05, 3.63) is 30.3 Å². The molecule has 0 aromatic heterocycles. The highest BCUT2D eigenvalue weighted by molar-refractivity contribution is 5.83. The Morgan fingerprint density at radius 1 is 1.31 bits per heavy atom. The van der Waals surface area contributed by atoms with E-state index in [4.69, 9.17) is 0 Å². The van der Waals surface area contributed by atoms with Crippen molar-refractivity contribution in [3.63, 3.8) is 0 Å². The minimum atomic E-state index is 0.249. The molecule has 0 spiro atoms. The number of Topliss-reactive ketones (excluding diaryl/α,β-unsaturated/α-hetero) is 1. The molecule has 1 fully saturated rings. The van der Waals surface area contributed by atoms with Gasteiger partial charge in [-0.3, -0.25) is 4.79 Å². The zero-order chi connectivity index (χ0) is 11.4. The highest BCUT2D eigenvalue weighted by atomic mass is 16.1. The van der Waals surface area contributed by atoms with Crippen molar-refractivity contribution in [1.82, 2.24) is 0 Å². The maximum absolute atomic E-state index is 11.7. The van der Waals surface area contributed by atoms with E-state index in [9.17, 15) is 4.79 Å². The molecule has 0 saturated carbocycles. The lowest BCUT2D eigenvalue weighted by Crippen LogP contribution is -2.40. The second-order valence-electron chi connectivity index (χ2n) is 4.48. The number of hydrogen-bond donors (Lipinski definition) is 0. The number of nitrogens with zero attached hydrogens (tertiary/aromatic N) is 1. The summed E-state index contributed by atoms with van der Waals surface area (Å²) in [7, 11) is 0. The molecule has 1 atom stereocenters. The van der Waals surface area contributed by atoms with Gasteiger partial charge in [-0.2, -0.15) is 0 Å². The van der Waals surface area contributed by atoms with Gasteiger partial charge in [0.1, 0.15) is 5.78 Å². The Morgan fingerprint density at radius 3 is 2.75 bits per heavy atom. The van der Waals surface area contributed by atoms with Crippen LogP contribution in [0.4, 0.5) is 5.69 Å². The topological polar surface area (TPSA) is 20.3 Å². The molecule has 1 saturated heterocycles. The van der Waals surface area contributed by atoms with Gasteiger partial charge in [-0.25, -0.2) is 0 Å². The van der Waals surface area contributed by atoms with Crippen molar-refractivity contribution >= 4 is 11.5 Å². The molecule has 2 heteroatoms. The number of piperidine rings is 1. The predicted octanol–water partition coefficient (Wildman–Crippen LogP) is 2.88. The third-order valence-electron chi connectivity index (χ3n) is 3.28. The SMILES string of the molecule is CCC[C@@H]1CN(c2ccccc2)CCC1=O. The van der Waals surface area contributed by atoms with Crippen LogP contribution in [-0.4, -0.2) is 18.9 Å². The van der Waals surface area contributed by atoms with Gasteiger partial charge in [-0.1, -0.05) is 31.5 Å². The van der Waals surface area contributed by atoms with Crippen molar-refractivity contribution < 1.29 is 4.79 Å². The molecule has 1 aromatic carbocycles. The minimum absolute atomic E-state index is 0.249. The molecular weight excluding hydrogens is 198 g/mol. The van der Waals surface area contributed by atoms with Gasteiger partial charge in [0.2, 0.25) is 0 Å². The van der Waals surface area contributed by atoms with Gasteiger partial charge in [0.05, 0.1) is 0 Å². The standard InChI is InChI=1S/C14H19NO/c1-2-6-12-11-15(10-9-14(12)16)13-7-4-3-5-8-13/h3-5,7-8,12H,2,6,9-11H2,1H3/t12-/m1/s1. The molecule has 1 aliphatic rings. The first kappa shape index (κ1) is 11.2. The zero-order valence-electron chi connectivity index (χ0n) is 9.86. The smallest absolute Gasteiger partial charge is 0.139 e. The van der Waals surface area contributed by atoms with Gasteiger partial charge in [0.15, 0.2) is 0 Å². The second kappa shape index (κ2) is 5.15. The summed E-state index contributed by atoms with van der Waals surface area (Å²) < 4.78 is 0. The molecule has 1 aliphatic heterocycles. The number of carbonyl (C=O) groups is 1. The van der Waals surface area contributed by atoms with Gasteiger partial charge in [0.25, 0.3) is 0 Å². The van der Waals surface area contributed by atoms with Crippen LogP contribution in [0.3, 0.4) is 0 Å². The summed E-state index contributed by atoms with van der Waals surface area (Å²) in [5.41, 5.74) is 1.25. The molecule has 1 aromatic rings. The maximum Gasteiger partial charge on any atom is 0.139 e. The Balaban J connectivity index is 2.05. The Bertz CT molecular complexity index is 347. The Hall–Kier alpha value is -1.31. The third-order valence-corrected chi connectivity index (χ3v) is 3.28. The normalized spacial score (nSPS) is 21.2. The van der Waals surface area contributed by atoms with Gasteiger partial charge >= 0.3 is 0 Å². The van der Waals surface area contributed by atoms with E-state index in [1.165, 1.54) is 5.69 Å². The van der Waals surface area contributed by atoms with E-state index in [1.54, 1.807) is 0 Å². The third kappa shape index (κ3) is 2.43. The van der Waals surface area contributed by atoms with Crippen LogP contribution in [0, 0.1) is 5.92 Å². The molecule has 16 heavy (non-hydrogen) atoms. The Morgan fingerprint density at radius 2 is 2.06 bits per heavy atom.